The molecule has 8 nitrogen and oxygen atoms in total. The first-order chi connectivity index (χ1) is 53.6. The first kappa shape index (κ1) is 59.9. The number of fused-ring (bicyclic) bond motifs is 18. The van der Waals surface area contributed by atoms with Crippen LogP contribution in [0.1, 0.15) is 0 Å². The summed E-state index contributed by atoms with van der Waals surface area (Å²) in [7, 11) is 0. The second-order valence-electron chi connectivity index (χ2n) is 28.4. The van der Waals surface area contributed by atoms with Crippen LogP contribution in [0.25, 0.3) is 210 Å². The van der Waals surface area contributed by atoms with Crippen LogP contribution in [0.4, 0.5) is 0 Å². The number of rotatable bonds is 10. The smallest absolute Gasteiger partial charge is 0.160 e. The molecule has 0 fully saturated rings. The van der Waals surface area contributed by atoms with Gasteiger partial charge in [-0.3, -0.25) is 0 Å². The van der Waals surface area contributed by atoms with Crippen molar-refractivity contribution >= 4 is 131 Å². The molecule has 0 spiro atoms. The van der Waals surface area contributed by atoms with Crippen LogP contribution in [-0.2, 0) is 0 Å². The Hall–Kier alpha value is -14.6. The number of nitrogens with zero attached hydrogens (tertiary/aromatic N) is 8. The zero-order valence-electron chi connectivity index (χ0n) is 58.4. The minimum atomic E-state index is 0.661. The van der Waals surface area contributed by atoms with E-state index >= 15 is 0 Å². The molecule has 0 aliphatic rings. The van der Waals surface area contributed by atoms with Crippen LogP contribution < -0.4 is 0 Å². The van der Waals surface area contributed by atoms with Crippen LogP contribution in [0.3, 0.4) is 0 Å². The molecule has 0 amide bonds. The molecule has 0 saturated heterocycles. The Kier molecular flexibility index (Phi) is 13.0. The van der Waals surface area contributed by atoms with E-state index in [0.717, 1.165) is 139 Å². The lowest BCUT2D eigenvalue weighted by molar-refractivity contribution is 1.15. The van der Waals surface area contributed by atoms with Crippen LogP contribution in [0.5, 0.6) is 0 Å². The largest absolute Gasteiger partial charge is 0.309 e. The van der Waals surface area contributed by atoms with Gasteiger partial charge in [0.2, 0.25) is 0 Å². The number of para-hydroxylation sites is 8. The average molecular weight is 1380 g/mol. The monoisotopic (exact) mass is 1370 g/mol. The highest BCUT2D eigenvalue weighted by Crippen LogP contribution is 2.46. The van der Waals surface area contributed by atoms with Crippen molar-refractivity contribution < 1.29 is 0 Å². The van der Waals surface area contributed by atoms with Gasteiger partial charge in [0.25, 0.3) is 0 Å². The van der Waals surface area contributed by atoms with E-state index in [2.05, 4.69) is 397 Å². The highest BCUT2D eigenvalue weighted by molar-refractivity contribution is 6.17. The van der Waals surface area contributed by atoms with Gasteiger partial charge in [-0.2, -0.15) is 0 Å². The van der Waals surface area contributed by atoms with Crippen molar-refractivity contribution in [3.05, 3.63) is 376 Å². The summed E-state index contributed by atoms with van der Waals surface area (Å²) in [5.74, 6) is 0.661. The predicted molar refractivity (Wildman–Crippen MR) is 450 cm³/mol. The summed E-state index contributed by atoms with van der Waals surface area (Å²) in [6, 6.07) is 138. The van der Waals surface area contributed by atoms with Gasteiger partial charge in [0.05, 0.1) is 83.3 Å². The standard InChI is InChI=1S/C100H62N8/c1-3-24-63(25-4-1)85-62-86(102-100(101-85)64-26-5-2-6-27-64)66-46-51-95(108-98-54-49-70(106-91-42-19-11-34-76(91)77-35-12-20-43-92(77)106)60-83(98)84-61-71(50-55-99(84)108)107-93-44-21-13-36-78(93)79-37-14-22-45-94(79)107)80(57-66)65-28-23-29-67(56-65)103-96-52-47-68(104-87-38-15-7-30-72(87)73-31-8-16-39-88(73)104)58-81(96)82-59-69(48-53-97(82)103)105-89-40-17-9-32-74(89)75-33-10-18-41-90(75)105/h1-62H. The zero-order chi connectivity index (χ0) is 70.7. The maximum absolute atomic E-state index is 5.50. The second-order valence-corrected chi connectivity index (χ2v) is 28.4. The average Bonchev–Trinajstić information content (AvgIpc) is 1.56. The summed E-state index contributed by atoms with van der Waals surface area (Å²) in [6.07, 6.45) is 0. The molecule has 16 aromatic carbocycles. The van der Waals surface area contributed by atoms with Crippen LogP contribution in [0, 0.1) is 0 Å². The van der Waals surface area contributed by atoms with E-state index in [1.54, 1.807) is 0 Å². The van der Waals surface area contributed by atoms with E-state index in [-0.39, 0.29) is 0 Å². The quantitative estimate of drug-likeness (QED) is 0.137. The molecule has 502 valence electrons. The van der Waals surface area contributed by atoms with Crippen molar-refractivity contribution in [1.82, 2.24) is 37.4 Å². The minimum Gasteiger partial charge on any atom is -0.309 e. The Bertz CT molecular complexity index is 7070. The Morgan fingerprint density at radius 2 is 0.435 bits per heavy atom. The lowest BCUT2D eigenvalue weighted by Crippen LogP contribution is -2.01. The van der Waals surface area contributed by atoms with Crippen LogP contribution in [0.15, 0.2) is 376 Å². The summed E-state index contributed by atoms with van der Waals surface area (Å²) in [5, 5.41) is 14.4. The zero-order valence-corrected chi connectivity index (χ0v) is 58.4. The lowest BCUT2D eigenvalue weighted by Gasteiger charge is -2.18. The first-order valence-corrected chi connectivity index (χ1v) is 36.9. The maximum atomic E-state index is 5.50. The molecule has 8 heteroatoms. The van der Waals surface area contributed by atoms with Crippen molar-refractivity contribution in [2.24, 2.45) is 0 Å². The molecule has 0 saturated carbocycles. The van der Waals surface area contributed by atoms with Gasteiger partial charge in [-0.15, -0.1) is 0 Å². The van der Waals surface area contributed by atoms with Gasteiger partial charge in [-0.25, -0.2) is 9.97 Å². The predicted octanol–water partition coefficient (Wildman–Crippen LogP) is 25.7. The summed E-state index contributed by atoms with van der Waals surface area (Å²) in [6.45, 7) is 0. The van der Waals surface area contributed by atoms with Crippen molar-refractivity contribution in [2.75, 3.05) is 0 Å². The summed E-state index contributed by atoms with van der Waals surface area (Å²) in [4.78, 5) is 10.8. The van der Waals surface area contributed by atoms with Gasteiger partial charge in [-0.05, 0) is 157 Å². The van der Waals surface area contributed by atoms with E-state index in [1.165, 1.54) is 65.2 Å². The summed E-state index contributed by atoms with van der Waals surface area (Å²) >= 11 is 0. The molecule has 0 radical (unpaired) electrons. The molecule has 0 N–H and O–H groups in total. The third kappa shape index (κ3) is 8.98. The molecule has 0 atom stereocenters. The number of aromatic nitrogens is 8. The van der Waals surface area contributed by atoms with E-state index < -0.39 is 0 Å². The second kappa shape index (κ2) is 23.5. The SMILES string of the molecule is c1ccc(-c2cc(-c3ccc(-n4c5ccc(-n6c7ccccc7c7ccccc76)cc5c5cc(-n6c7ccccc7c7ccccc76)ccc54)c(-c4cccc(-n5c6ccc(-n7c8ccccc8c8ccccc87)cc6c6cc(-n7c8ccccc8c8ccccc87)ccc65)c4)c3)nc(-c3ccccc3)n2)cc1. The Balaban J connectivity index is 0.786. The topological polar surface area (TPSA) is 55.4 Å². The molecular weight excluding hydrogens is 1310 g/mol. The fourth-order valence-electron chi connectivity index (χ4n) is 17.9. The normalized spacial score (nSPS) is 12.1. The molecule has 0 aliphatic carbocycles. The highest BCUT2D eigenvalue weighted by Gasteiger charge is 2.25. The third-order valence-electron chi connectivity index (χ3n) is 22.6. The lowest BCUT2D eigenvalue weighted by atomic mass is 9.97. The summed E-state index contributed by atoms with van der Waals surface area (Å²) < 4.78 is 14.8. The fraction of sp³-hybridized carbons (Fsp3) is 0. The van der Waals surface area contributed by atoms with Gasteiger partial charge in [0.15, 0.2) is 5.82 Å². The van der Waals surface area contributed by atoms with E-state index in [9.17, 15) is 0 Å². The van der Waals surface area contributed by atoms with Crippen LogP contribution in [0.2, 0.25) is 0 Å². The number of hydrogen-bond acceptors (Lipinski definition) is 2. The van der Waals surface area contributed by atoms with E-state index in [0.29, 0.717) is 5.82 Å². The third-order valence-corrected chi connectivity index (χ3v) is 22.6. The van der Waals surface area contributed by atoms with Gasteiger partial charge in [-0.1, -0.05) is 224 Å². The Morgan fingerprint density at radius 1 is 0.157 bits per heavy atom. The van der Waals surface area contributed by atoms with Crippen molar-refractivity contribution in [1.29, 1.82) is 0 Å². The van der Waals surface area contributed by atoms with Gasteiger partial charge >= 0.3 is 0 Å². The minimum absolute atomic E-state index is 0.661. The van der Waals surface area contributed by atoms with Gasteiger partial charge in [0.1, 0.15) is 0 Å². The molecular formula is C100H62N8. The summed E-state index contributed by atoms with van der Waals surface area (Å²) in [5.41, 5.74) is 26.8. The van der Waals surface area contributed by atoms with E-state index in [1.807, 2.05) is 6.07 Å². The van der Waals surface area contributed by atoms with Crippen LogP contribution >= 0.6 is 0 Å². The maximum Gasteiger partial charge on any atom is 0.160 e. The molecule has 108 heavy (non-hydrogen) atoms. The molecule has 0 aliphatic heterocycles. The van der Waals surface area contributed by atoms with Crippen LogP contribution in [-0.4, -0.2) is 37.4 Å². The molecule has 0 bridgehead atoms. The van der Waals surface area contributed by atoms with Gasteiger partial charge in [0, 0.05) is 115 Å². The molecule has 23 aromatic rings. The molecule has 7 heterocycles. The molecule has 23 rings (SSSR count). The first-order valence-electron chi connectivity index (χ1n) is 36.9. The molecule has 7 aromatic heterocycles. The van der Waals surface area contributed by atoms with Crippen molar-refractivity contribution in [3.8, 4) is 79.2 Å². The van der Waals surface area contributed by atoms with Crippen molar-refractivity contribution in [2.45, 2.75) is 0 Å². The van der Waals surface area contributed by atoms with E-state index in [4.69, 9.17) is 9.97 Å². The fourth-order valence-corrected chi connectivity index (χ4v) is 17.9. The number of hydrogen-bond donors (Lipinski definition) is 0. The highest BCUT2D eigenvalue weighted by atomic mass is 15.0. The van der Waals surface area contributed by atoms with Crippen molar-refractivity contribution in [3.63, 3.8) is 0 Å². The Labute approximate surface area is 619 Å². The van der Waals surface area contributed by atoms with Gasteiger partial charge < -0.3 is 27.4 Å². The Morgan fingerprint density at radius 3 is 0.787 bits per heavy atom. The number of benzene rings is 16. The molecule has 0 unspecified atom stereocenters.